The second kappa shape index (κ2) is 5.43. The van der Waals surface area contributed by atoms with Crippen molar-refractivity contribution in [2.24, 2.45) is 0 Å². The molecule has 0 saturated heterocycles. The predicted octanol–water partition coefficient (Wildman–Crippen LogP) is 3.74. The number of ether oxygens (including phenoxy) is 1. The van der Waals surface area contributed by atoms with Gasteiger partial charge in [0.25, 0.3) is 0 Å². The van der Waals surface area contributed by atoms with E-state index in [0.717, 1.165) is 31.9 Å². The summed E-state index contributed by atoms with van der Waals surface area (Å²) in [6.45, 7) is 2.64. The third-order valence-corrected chi connectivity index (χ3v) is 4.99. The Balaban J connectivity index is 1.59. The SMILES string of the molecule is Brc1ccsc1CNCc1ccc2c(c1)CCO2. The summed E-state index contributed by atoms with van der Waals surface area (Å²) in [5.41, 5.74) is 2.67. The molecule has 0 bridgehead atoms. The van der Waals surface area contributed by atoms with Crippen molar-refractivity contribution >= 4 is 27.3 Å². The first-order valence-corrected chi connectivity index (χ1v) is 7.67. The summed E-state index contributed by atoms with van der Waals surface area (Å²) in [4.78, 5) is 1.35. The largest absolute Gasteiger partial charge is 0.493 e. The number of benzene rings is 1. The monoisotopic (exact) mass is 323 g/mol. The van der Waals surface area contributed by atoms with Crippen molar-refractivity contribution in [2.75, 3.05) is 6.61 Å². The van der Waals surface area contributed by atoms with Crippen molar-refractivity contribution in [3.05, 3.63) is 50.1 Å². The van der Waals surface area contributed by atoms with Crippen molar-refractivity contribution in [2.45, 2.75) is 19.5 Å². The van der Waals surface area contributed by atoms with Crippen molar-refractivity contribution in [3.8, 4) is 5.75 Å². The number of hydrogen-bond acceptors (Lipinski definition) is 3. The zero-order valence-electron chi connectivity index (χ0n) is 9.91. The first kappa shape index (κ1) is 12.2. The molecule has 2 nitrogen and oxygen atoms in total. The fourth-order valence-corrected chi connectivity index (χ4v) is 3.58. The summed E-state index contributed by atoms with van der Waals surface area (Å²) >= 11 is 5.32. The van der Waals surface area contributed by atoms with E-state index in [9.17, 15) is 0 Å². The molecule has 0 atom stereocenters. The smallest absolute Gasteiger partial charge is 0.122 e. The summed E-state index contributed by atoms with van der Waals surface area (Å²) < 4.78 is 6.70. The van der Waals surface area contributed by atoms with Gasteiger partial charge in [0.2, 0.25) is 0 Å². The van der Waals surface area contributed by atoms with Crippen LogP contribution in [-0.2, 0) is 19.5 Å². The lowest BCUT2D eigenvalue weighted by Crippen LogP contribution is -2.12. The highest BCUT2D eigenvalue weighted by atomic mass is 79.9. The van der Waals surface area contributed by atoms with Gasteiger partial charge in [-0.05, 0) is 44.6 Å². The predicted molar refractivity (Wildman–Crippen MR) is 78.2 cm³/mol. The summed E-state index contributed by atoms with van der Waals surface area (Å²) in [6, 6.07) is 8.56. The second-order valence-corrected chi connectivity index (χ2v) is 6.19. The number of rotatable bonds is 4. The number of fused-ring (bicyclic) bond motifs is 1. The van der Waals surface area contributed by atoms with E-state index in [-0.39, 0.29) is 0 Å². The molecule has 18 heavy (non-hydrogen) atoms. The molecule has 0 unspecified atom stereocenters. The van der Waals surface area contributed by atoms with Crippen LogP contribution in [-0.4, -0.2) is 6.61 Å². The lowest BCUT2D eigenvalue weighted by Gasteiger charge is -2.06. The average Bonchev–Trinajstić information content (AvgIpc) is 2.98. The van der Waals surface area contributed by atoms with Crippen LogP contribution in [0.2, 0.25) is 0 Å². The molecule has 0 amide bonds. The molecule has 1 aromatic carbocycles. The fourth-order valence-electron chi connectivity index (χ4n) is 2.12. The third-order valence-electron chi connectivity index (χ3n) is 3.06. The van der Waals surface area contributed by atoms with Crippen LogP contribution in [0.15, 0.2) is 34.1 Å². The second-order valence-electron chi connectivity index (χ2n) is 4.34. The van der Waals surface area contributed by atoms with Gasteiger partial charge < -0.3 is 10.1 Å². The Morgan fingerprint density at radius 3 is 3.06 bits per heavy atom. The fraction of sp³-hybridized carbons (Fsp3) is 0.286. The maximum atomic E-state index is 5.51. The Morgan fingerprint density at radius 2 is 2.22 bits per heavy atom. The topological polar surface area (TPSA) is 21.3 Å². The van der Waals surface area contributed by atoms with Crippen molar-refractivity contribution in [1.29, 1.82) is 0 Å². The van der Waals surface area contributed by atoms with Crippen LogP contribution in [0.4, 0.5) is 0 Å². The van der Waals surface area contributed by atoms with E-state index in [0.29, 0.717) is 0 Å². The maximum Gasteiger partial charge on any atom is 0.122 e. The van der Waals surface area contributed by atoms with Crippen molar-refractivity contribution in [1.82, 2.24) is 5.32 Å². The highest BCUT2D eigenvalue weighted by Gasteiger charge is 2.11. The first-order chi connectivity index (χ1) is 8.83. The molecular formula is C14H14BrNOS. The number of hydrogen-bond donors (Lipinski definition) is 1. The van der Waals surface area contributed by atoms with E-state index in [1.807, 2.05) is 0 Å². The summed E-state index contributed by atoms with van der Waals surface area (Å²) in [5.74, 6) is 1.06. The molecule has 4 heteroatoms. The van der Waals surface area contributed by atoms with Crippen LogP contribution in [0, 0.1) is 0 Å². The minimum atomic E-state index is 0.828. The molecule has 0 spiro atoms. The summed E-state index contributed by atoms with van der Waals surface area (Å²) in [6.07, 6.45) is 1.04. The van der Waals surface area contributed by atoms with Gasteiger partial charge in [0.15, 0.2) is 0 Å². The summed E-state index contributed by atoms with van der Waals surface area (Å²) in [5, 5.41) is 5.58. The number of thiophene rings is 1. The number of halogens is 1. The molecule has 0 radical (unpaired) electrons. The van der Waals surface area contributed by atoms with E-state index >= 15 is 0 Å². The van der Waals surface area contributed by atoms with Gasteiger partial charge in [-0.2, -0.15) is 0 Å². The Bertz CT molecular complexity index is 552. The Kier molecular flexibility index (Phi) is 3.68. The van der Waals surface area contributed by atoms with Gasteiger partial charge in [-0.1, -0.05) is 12.1 Å². The molecule has 2 aromatic rings. The first-order valence-electron chi connectivity index (χ1n) is 6.00. The Morgan fingerprint density at radius 1 is 1.28 bits per heavy atom. The molecule has 1 aliphatic heterocycles. The summed E-state index contributed by atoms with van der Waals surface area (Å²) in [7, 11) is 0. The Labute approximate surface area is 119 Å². The minimum Gasteiger partial charge on any atom is -0.493 e. The molecule has 1 N–H and O–H groups in total. The molecule has 3 rings (SSSR count). The quantitative estimate of drug-likeness (QED) is 0.925. The molecule has 2 heterocycles. The molecule has 0 saturated carbocycles. The normalized spacial score (nSPS) is 13.4. The van der Waals surface area contributed by atoms with Gasteiger partial charge in [0.05, 0.1) is 6.61 Å². The standard InChI is InChI=1S/C14H14BrNOS/c15-12-4-6-18-14(12)9-16-8-10-1-2-13-11(7-10)3-5-17-13/h1-2,4,6-7,16H,3,5,8-9H2. The van der Waals surface area contributed by atoms with E-state index in [4.69, 9.17) is 4.74 Å². The molecular weight excluding hydrogens is 310 g/mol. The van der Waals surface area contributed by atoms with E-state index in [1.54, 1.807) is 11.3 Å². The van der Waals surface area contributed by atoms with Gasteiger partial charge in [-0.15, -0.1) is 11.3 Å². The van der Waals surface area contributed by atoms with Crippen LogP contribution in [0.3, 0.4) is 0 Å². The molecule has 0 aliphatic carbocycles. The highest BCUT2D eigenvalue weighted by Crippen LogP contribution is 2.26. The van der Waals surface area contributed by atoms with Crippen LogP contribution >= 0.6 is 27.3 Å². The van der Waals surface area contributed by atoms with Crippen molar-refractivity contribution < 1.29 is 4.74 Å². The average molecular weight is 324 g/mol. The van der Waals surface area contributed by atoms with Gasteiger partial charge in [-0.3, -0.25) is 0 Å². The Hall–Kier alpha value is -0.840. The molecule has 0 fully saturated rings. The third kappa shape index (κ3) is 2.60. The molecule has 1 aromatic heterocycles. The highest BCUT2D eigenvalue weighted by molar-refractivity contribution is 9.10. The zero-order chi connectivity index (χ0) is 12.4. The molecule has 94 valence electrons. The number of nitrogens with one attached hydrogen (secondary N) is 1. The van der Waals surface area contributed by atoms with Crippen LogP contribution < -0.4 is 10.1 Å². The van der Waals surface area contributed by atoms with Crippen LogP contribution in [0.5, 0.6) is 5.75 Å². The lowest BCUT2D eigenvalue weighted by molar-refractivity contribution is 0.357. The van der Waals surface area contributed by atoms with E-state index in [1.165, 1.54) is 20.5 Å². The van der Waals surface area contributed by atoms with E-state index < -0.39 is 0 Å². The van der Waals surface area contributed by atoms with Gasteiger partial charge in [0, 0.05) is 28.9 Å². The van der Waals surface area contributed by atoms with Crippen LogP contribution in [0.1, 0.15) is 16.0 Å². The molecule has 1 aliphatic rings. The maximum absolute atomic E-state index is 5.51. The van der Waals surface area contributed by atoms with Crippen LogP contribution in [0.25, 0.3) is 0 Å². The van der Waals surface area contributed by atoms with Crippen molar-refractivity contribution in [3.63, 3.8) is 0 Å². The zero-order valence-corrected chi connectivity index (χ0v) is 12.3. The van der Waals surface area contributed by atoms with E-state index in [2.05, 4.69) is 50.9 Å². The van der Waals surface area contributed by atoms with Gasteiger partial charge in [0.1, 0.15) is 5.75 Å². The minimum absolute atomic E-state index is 0.828. The van der Waals surface area contributed by atoms with Gasteiger partial charge >= 0.3 is 0 Å². The lowest BCUT2D eigenvalue weighted by atomic mass is 10.1. The van der Waals surface area contributed by atoms with Gasteiger partial charge in [-0.25, -0.2) is 0 Å².